The maximum Gasteiger partial charge on any atom is 0.0453 e. The van der Waals surface area contributed by atoms with Crippen molar-refractivity contribution in [3.63, 3.8) is 0 Å². The Hall–Kier alpha value is -0.570. The van der Waals surface area contributed by atoms with Crippen LogP contribution in [0.1, 0.15) is 24.0 Å². The second-order valence-corrected chi connectivity index (χ2v) is 5.41. The van der Waals surface area contributed by atoms with E-state index in [2.05, 4.69) is 36.3 Å². The lowest BCUT2D eigenvalue weighted by Gasteiger charge is -2.19. The molecule has 1 aromatic carbocycles. The number of likely N-dealkylation sites (N-methyl/N-ethyl adjacent to an activating group) is 1. The van der Waals surface area contributed by atoms with E-state index in [1.807, 2.05) is 6.07 Å². The van der Waals surface area contributed by atoms with Gasteiger partial charge in [-0.1, -0.05) is 23.7 Å². The molecule has 1 heterocycles. The number of halogens is 1. The largest absolute Gasteiger partial charge is 0.311 e. The molecule has 3 heteroatoms. The van der Waals surface area contributed by atoms with Crippen molar-refractivity contribution in [1.29, 1.82) is 0 Å². The Bertz CT molecular complexity index is 378. The zero-order chi connectivity index (χ0) is 12.3. The smallest absolute Gasteiger partial charge is 0.0453 e. The van der Waals surface area contributed by atoms with Gasteiger partial charge < -0.3 is 10.2 Å². The summed E-state index contributed by atoms with van der Waals surface area (Å²) in [6, 6.07) is 6.95. The molecule has 17 heavy (non-hydrogen) atoms. The maximum absolute atomic E-state index is 6.20. The summed E-state index contributed by atoms with van der Waals surface area (Å²) in [4.78, 5) is 2.43. The normalized spacial score (nSPS) is 21.0. The lowest BCUT2D eigenvalue weighted by atomic mass is 10.1. The van der Waals surface area contributed by atoms with Gasteiger partial charge >= 0.3 is 0 Å². The zero-order valence-corrected chi connectivity index (χ0v) is 11.4. The van der Waals surface area contributed by atoms with Crippen LogP contribution < -0.4 is 5.32 Å². The summed E-state index contributed by atoms with van der Waals surface area (Å²) in [7, 11) is 2.21. The van der Waals surface area contributed by atoms with Gasteiger partial charge in [-0.2, -0.15) is 0 Å². The van der Waals surface area contributed by atoms with E-state index >= 15 is 0 Å². The van der Waals surface area contributed by atoms with Gasteiger partial charge in [-0.15, -0.1) is 0 Å². The van der Waals surface area contributed by atoms with E-state index in [9.17, 15) is 0 Å². The fraction of sp³-hybridized carbons (Fsp3) is 0.571. The second-order valence-electron chi connectivity index (χ2n) is 5.00. The molecule has 94 valence electrons. The number of rotatable bonds is 4. The molecule has 2 nitrogen and oxygen atoms in total. The summed E-state index contributed by atoms with van der Waals surface area (Å²) < 4.78 is 0. The molecule has 0 spiro atoms. The Morgan fingerprint density at radius 1 is 1.47 bits per heavy atom. The molecular formula is C14H21ClN2. The van der Waals surface area contributed by atoms with Crippen LogP contribution in [0.15, 0.2) is 18.2 Å². The molecule has 1 saturated heterocycles. The fourth-order valence-electron chi connectivity index (χ4n) is 2.41. The Morgan fingerprint density at radius 2 is 2.29 bits per heavy atom. The van der Waals surface area contributed by atoms with Gasteiger partial charge in [0, 0.05) is 24.2 Å². The summed E-state index contributed by atoms with van der Waals surface area (Å²) in [6.45, 7) is 5.22. The third kappa shape index (κ3) is 3.44. The quantitative estimate of drug-likeness (QED) is 0.887. The van der Waals surface area contributed by atoms with Crippen molar-refractivity contribution < 1.29 is 0 Å². The monoisotopic (exact) mass is 252 g/mol. The molecule has 0 radical (unpaired) electrons. The van der Waals surface area contributed by atoms with Crippen molar-refractivity contribution in [2.24, 2.45) is 0 Å². The highest BCUT2D eigenvalue weighted by molar-refractivity contribution is 6.31. The summed E-state index contributed by atoms with van der Waals surface area (Å²) in [5.41, 5.74) is 2.41. The number of nitrogens with zero attached hydrogens (tertiary/aromatic N) is 1. The standard InChI is InChI=1S/C14H21ClN2/c1-11-5-6-12(14(15)8-11)9-16-10-13-4-3-7-17(13)2/h5-6,8,13,16H,3-4,7,9-10H2,1-2H3. The van der Waals surface area contributed by atoms with Crippen LogP contribution in [0.3, 0.4) is 0 Å². The molecule has 0 amide bonds. The van der Waals surface area contributed by atoms with E-state index in [0.717, 1.165) is 18.1 Å². The summed E-state index contributed by atoms with van der Waals surface area (Å²) in [5, 5.41) is 4.38. The third-order valence-electron chi connectivity index (χ3n) is 3.58. The minimum atomic E-state index is 0.694. The third-order valence-corrected chi connectivity index (χ3v) is 3.93. The summed E-state index contributed by atoms with van der Waals surface area (Å²) >= 11 is 6.20. The van der Waals surface area contributed by atoms with Crippen LogP contribution in [-0.4, -0.2) is 31.1 Å². The van der Waals surface area contributed by atoms with Gasteiger partial charge in [0.1, 0.15) is 0 Å². The molecule has 0 aliphatic carbocycles. The second kappa shape index (κ2) is 5.85. The minimum absolute atomic E-state index is 0.694. The fourth-order valence-corrected chi connectivity index (χ4v) is 2.71. The summed E-state index contributed by atoms with van der Waals surface area (Å²) in [6.07, 6.45) is 2.64. The molecule has 1 aliphatic heterocycles. The van der Waals surface area contributed by atoms with Crippen LogP contribution in [0.4, 0.5) is 0 Å². The highest BCUT2D eigenvalue weighted by Crippen LogP contribution is 2.18. The predicted molar refractivity (Wildman–Crippen MR) is 73.5 cm³/mol. The number of likely N-dealkylation sites (tertiary alicyclic amines) is 1. The zero-order valence-electron chi connectivity index (χ0n) is 10.7. The van der Waals surface area contributed by atoms with Crippen LogP contribution in [0, 0.1) is 6.92 Å². The first kappa shape index (κ1) is 12.9. The van der Waals surface area contributed by atoms with E-state index in [1.54, 1.807) is 0 Å². The van der Waals surface area contributed by atoms with Crippen molar-refractivity contribution in [2.45, 2.75) is 32.4 Å². The number of hydrogen-bond donors (Lipinski definition) is 1. The molecule has 0 bridgehead atoms. The molecule has 0 saturated carbocycles. The van der Waals surface area contributed by atoms with Crippen LogP contribution in [0.25, 0.3) is 0 Å². The topological polar surface area (TPSA) is 15.3 Å². The number of benzene rings is 1. The Kier molecular flexibility index (Phi) is 4.43. The first-order valence-corrected chi connectivity index (χ1v) is 6.70. The average molecular weight is 253 g/mol. The van der Waals surface area contributed by atoms with Gasteiger partial charge in [-0.3, -0.25) is 0 Å². The molecule has 1 atom stereocenters. The molecule has 1 aromatic rings. The van der Waals surface area contributed by atoms with E-state index in [-0.39, 0.29) is 0 Å². The van der Waals surface area contributed by atoms with Gasteiger partial charge in [-0.05, 0) is 50.6 Å². The number of aryl methyl sites for hydroxylation is 1. The van der Waals surface area contributed by atoms with E-state index in [1.165, 1.54) is 30.5 Å². The number of nitrogens with one attached hydrogen (secondary N) is 1. The van der Waals surface area contributed by atoms with Crippen LogP contribution in [0.5, 0.6) is 0 Å². The minimum Gasteiger partial charge on any atom is -0.311 e. The molecule has 1 fully saturated rings. The molecule has 1 aliphatic rings. The number of hydrogen-bond acceptors (Lipinski definition) is 2. The van der Waals surface area contributed by atoms with Crippen molar-refractivity contribution in [1.82, 2.24) is 10.2 Å². The lowest BCUT2D eigenvalue weighted by molar-refractivity contribution is 0.300. The predicted octanol–water partition coefficient (Wildman–Crippen LogP) is 2.83. The Labute approximate surface area is 109 Å². The molecule has 0 aromatic heterocycles. The SMILES string of the molecule is Cc1ccc(CNCC2CCCN2C)c(Cl)c1. The first-order chi connectivity index (χ1) is 8.16. The van der Waals surface area contributed by atoms with Crippen molar-refractivity contribution in [2.75, 3.05) is 20.1 Å². The van der Waals surface area contributed by atoms with Crippen molar-refractivity contribution in [3.05, 3.63) is 34.3 Å². The Balaban J connectivity index is 1.81. The highest BCUT2D eigenvalue weighted by atomic mass is 35.5. The highest BCUT2D eigenvalue weighted by Gasteiger charge is 2.19. The van der Waals surface area contributed by atoms with Gasteiger partial charge in [0.2, 0.25) is 0 Å². The average Bonchev–Trinajstić information content (AvgIpc) is 2.68. The molecule has 2 rings (SSSR count). The van der Waals surface area contributed by atoms with Crippen LogP contribution in [0.2, 0.25) is 5.02 Å². The Morgan fingerprint density at radius 3 is 2.94 bits per heavy atom. The van der Waals surface area contributed by atoms with Gasteiger partial charge in [0.25, 0.3) is 0 Å². The molecular weight excluding hydrogens is 232 g/mol. The van der Waals surface area contributed by atoms with Gasteiger partial charge in [-0.25, -0.2) is 0 Å². The van der Waals surface area contributed by atoms with E-state index < -0.39 is 0 Å². The van der Waals surface area contributed by atoms with Crippen LogP contribution >= 0.6 is 11.6 Å². The maximum atomic E-state index is 6.20. The molecule has 1 N–H and O–H groups in total. The lowest BCUT2D eigenvalue weighted by Crippen LogP contribution is -2.35. The molecule has 1 unspecified atom stereocenters. The van der Waals surface area contributed by atoms with Crippen molar-refractivity contribution >= 4 is 11.6 Å². The van der Waals surface area contributed by atoms with Gasteiger partial charge in [0.15, 0.2) is 0 Å². The van der Waals surface area contributed by atoms with Crippen LogP contribution in [-0.2, 0) is 6.54 Å². The summed E-state index contributed by atoms with van der Waals surface area (Å²) in [5.74, 6) is 0. The van der Waals surface area contributed by atoms with Crippen molar-refractivity contribution in [3.8, 4) is 0 Å². The van der Waals surface area contributed by atoms with E-state index in [0.29, 0.717) is 6.04 Å². The van der Waals surface area contributed by atoms with E-state index in [4.69, 9.17) is 11.6 Å². The first-order valence-electron chi connectivity index (χ1n) is 6.33. The van der Waals surface area contributed by atoms with Gasteiger partial charge in [0.05, 0.1) is 0 Å².